The number of nitrogens with zero attached hydrogens (tertiary/aromatic N) is 3. The Morgan fingerprint density at radius 1 is 1.19 bits per heavy atom. The predicted molar refractivity (Wildman–Crippen MR) is 113 cm³/mol. The second kappa shape index (κ2) is 10.8. The molecule has 2 heterocycles. The van der Waals surface area contributed by atoms with Crippen molar-refractivity contribution in [2.24, 2.45) is 0 Å². The number of benzene rings is 1. The maximum absolute atomic E-state index is 12.2. The van der Waals surface area contributed by atoms with Crippen molar-refractivity contribution in [3.63, 3.8) is 0 Å². The number of nitrogens with one attached hydrogen (secondary N) is 1. The highest BCUT2D eigenvalue weighted by molar-refractivity contribution is 5.93. The summed E-state index contributed by atoms with van der Waals surface area (Å²) in [7, 11) is 1.56. The molecule has 27 heavy (non-hydrogen) atoms. The summed E-state index contributed by atoms with van der Waals surface area (Å²) in [5.74, 6) is 1.54. The Bertz CT molecular complexity index is 725. The average molecular weight is 414 g/mol. The van der Waals surface area contributed by atoms with Crippen LogP contribution in [0.4, 0.5) is 17.2 Å². The van der Waals surface area contributed by atoms with E-state index >= 15 is 0 Å². The summed E-state index contributed by atoms with van der Waals surface area (Å²) in [6, 6.07) is 11.1. The Kier molecular flexibility index (Phi) is 9.14. The summed E-state index contributed by atoms with van der Waals surface area (Å²) in [5, 5.41) is 2.88. The molecule has 1 saturated heterocycles. The van der Waals surface area contributed by atoms with Crippen molar-refractivity contribution in [1.82, 2.24) is 9.88 Å². The summed E-state index contributed by atoms with van der Waals surface area (Å²) >= 11 is 0. The van der Waals surface area contributed by atoms with E-state index in [0.29, 0.717) is 23.7 Å². The maximum Gasteiger partial charge on any atom is 0.238 e. The molecule has 3 N–H and O–H groups in total. The van der Waals surface area contributed by atoms with E-state index in [1.165, 1.54) is 0 Å². The summed E-state index contributed by atoms with van der Waals surface area (Å²) in [4.78, 5) is 21.0. The van der Waals surface area contributed by atoms with Gasteiger partial charge in [0.25, 0.3) is 0 Å². The number of hydrogen-bond donors (Lipinski definition) is 2. The first-order valence-corrected chi connectivity index (χ1v) is 8.27. The number of nitrogen functional groups attached to an aromatic ring is 1. The van der Waals surface area contributed by atoms with Gasteiger partial charge in [0.05, 0.1) is 19.3 Å². The van der Waals surface area contributed by atoms with E-state index in [0.717, 1.165) is 32.0 Å². The SMILES string of the molecule is COc1ccc(NC(=O)CN2CCN(c3ccccn3)CC2)cc1N.Cl.Cl. The first-order valence-electron chi connectivity index (χ1n) is 8.27. The number of ether oxygens (including phenoxy) is 1. The zero-order valence-electron chi connectivity index (χ0n) is 15.1. The molecule has 148 valence electrons. The van der Waals surface area contributed by atoms with Crippen molar-refractivity contribution < 1.29 is 9.53 Å². The molecule has 0 spiro atoms. The van der Waals surface area contributed by atoms with Crippen LogP contribution in [-0.2, 0) is 4.79 Å². The molecule has 9 heteroatoms. The second-order valence-electron chi connectivity index (χ2n) is 5.96. The lowest BCUT2D eigenvalue weighted by atomic mass is 10.2. The van der Waals surface area contributed by atoms with Gasteiger partial charge in [-0.15, -0.1) is 24.8 Å². The number of carbonyl (C=O) groups is 1. The van der Waals surface area contributed by atoms with E-state index in [9.17, 15) is 4.79 Å². The maximum atomic E-state index is 12.2. The second-order valence-corrected chi connectivity index (χ2v) is 5.96. The normalized spacial score (nSPS) is 13.9. The van der Waals surface area contributed by atoms with E-state index in [1.807, 2.05) is 18.2 Å². The number of anilines is 3. The van der Waals surface area contributed by atoms with Gasteiger partial charge in [-0.1, -0.05) is 6.07 Å². The molecule has 1 aromatic heterocycles. The summed E-state index contributed by atoms with van der Waals surface area (Å²) in [6.45, 7) is 3.74. The predicted octanol–water partition coefficient (Wildman–Crippen LogP) is 2.28. The Morgan fingerprint density at radius 2 is 1.93 bits per heavy atom. The molecule has 1 aliphatic heterocycles. The van der Waals surface area contributed by atoms with Crippen LogP contribution in [0.5, 0.6) is 5.75 Å². The van der Waals surface area contributed by atoms with E-state index < -0.39 is 0 Å². The van der Waals surface area contributed by atoms with E-state index in [-0.39, 0.29) is 30.7 Å². The van der Waals surface area contributed by atoms with Gasteiger partial charge in [0, 0.05) is 38.1 Å². The van der Waals surface area contributed by atoms with Crippen molar-refractivity contribution in [2.75, 3.05) is 55.8 Å². The van der Waals surface area contributed by atoms with Gasteiger partial charge in [0.15, 0.2) is 0 Å². The smallest absolute Gasteiger partial charge is 0.238 e. The Labute approximate surface area is 171 Å². The van der Waals surface area contributed by atoms with Crippen molar-refractivity contribution in [1.29, 1.82) is 0 Å². The molecule has 0 radical (unpaired) electrons. The first-order chi connectivity index (χ1) is 12.2. The standard InChI is InChI=1S/C18H23N5O2.2ClH/c1-25-16-6-5-14(12-15(16)19)21-18(24)13-22-8-10-23(11-9-22)17-4-2-3-7-20-17;;/h2-7,12H,8-11,13,19H2,1H3,(H,21,24);2*1H. The number of nitrogens with two attached hydrogens (primary N) is 1. The van der Waals surface area contributed by atoms with Gasteiger partial charge < -0.3 is 20.7 Å². The van der Waals surface area contributed by atoms with Gasteiger partial charge in [-0.3, -0.25) is 9.69 Å². The molecule has 1 fully saturated rings. The zero-order chi connectivity index (χ0) is 17.6. The third kappa shape index (κ3) is 6.16. The molecule has 0 aliphatic carbocycles. The molecular weight excluding hydrogens is 389 g/mol. The summed E-state index contributed by atoms with van der Waals surface area (Å²) in [6.07, 6.45) is 1.80. The monoisotopic (exact) mass is 413 g/mol. The quantitative estimate of drug-likeness (QED) is 0.731. The highest BCUT2D eigenvalue weighted by Crippen LogP contribution is 2.24. The van der Waals surface area contributed by atoms with Gasteiger partial charge >= 0.3 is 0 Å². The van der Waals surface area contributed by atoms with Crippen LogP contribution in [0, 0.1) is 0 Å². The van der Waals surface area contributed by atoms with Crippen LogP contribution >= 0.6 is 24.8 Å². The largest absolute Gasteiger partial charge is 0.495 e. The molecular formula is C18H25Cl2N5O2. The molecule has 3 rings (SSSR count). The van der Waals surface area contributed by atoms with Crippen LogP contribution in [0.25, 0.3) is 0 Å². The van der Waals surface area contributed by atoms with Crippen molar-refractivity contribution in [3.05, 3.63) is 42.6 Å². The molecule has 0 bridgehead atoms. The molecule has 1 aliphatic rings. The van der Waals surface area contributed by atoms with Gasteiger partial charge in [-0.25, -0.2) is 4.98 Å². The van der Waals surface area contributed by atoms with Gasteiger partial charge in [0.2, 0.25) is 5.91 Å². The lowest BCUT2D eigenvalue weighted by Gasteiger charge is -2.34. The number of pyridine rings is 1. The average Bonchev–Trinajstić information content (AvgIpc) is 2.63. The molecule has 0 atom stereocenters. The highest BCUT2D eigenvalue weighted by Gasteiger charge is 2.19. The van der Waals surface area contributed by atoms with E-state index in [1.54, 1.807) is 31.5 Å². The van der Waals surface area contributed by atoms with Crippen LogP contribution in [0.3, 0.4) is 0 Å². The number of carbonyl (C=O) groups excluding carboxylic acids is 1. The fraction of sp³-hybridized carbons (Fsp3) is 0.333. The fourth-order valence-corrected chi connectivity index (χ4v) is 2.89. The number of methoxy groups -OCH3 is 1. The zero-order valence-corrected chi connectivity index (χ0v) is 16.8. The number of amides is 1. The lowest BCUT2D eigenvalue weighted by molar-refractivity contribution is -0.117. The topological polar surface area (TPSA) is 83.7 Å². The lowest BCUT2D eigenvalue weighted by Crippen LogP contribution is -2.48. The Hall–Kier alpha value is -2.22. The minimum Gasteiger partial charge on any atom is -0.495 e. The van der Waals surface area contributed by atoms with Gasteiger partial charge in [-0.05, 0) is 30.3 Å². The van der Waals surface area contributed by atoms with Crippen LogP contribution in [0.2, 0.25) is 0 Å². The van der Waals surface area contributed by atoms with Gasteiger partial charge in [-0.2, -0.15) is 0 Å². The molecule has 1 aromatic carbocycles. The van der Waals surface area contributed by atoms with Crippen molar-refractivity contribution >= 4 is 47.9 Å². The van der Waals surface area contributed by atoms with Gasteiger partial charge in [0.1, 0.15) is 11.6 Å². The van der Waals surface area contributed by atoms with Crippen LogP contribution in [0.15, 0.2) is 42.6 Å². The number of piperazine rings is 1. The van der Waals surface area contributed by atoms with E-state index in [4.69, 9.17) is 10.5 Å². The number of halogens is 2. The minimum atomic E-state index is -0.0455. The number of hydrogen-bond acceptors (Lipinski definition) is 6. The third-order valence-corrected chi connectivity index (χ3v) is 4.23. The number of rotatable bonds is 5. The molecule has 0 saturated carbocycles. The van der Waals surface area contributed by atoms with Crippen molar-refractivity contribution in [3.8, 4) is 5.75 Å². The summed E-state index contributed by atoms with van der Waals surface area (Å²) in [5.41, 5.74) is 7.04. The molecule has 0 unspecified atom stereocenters. The Morgan fingerprint density at radius 3 is 2.52 bits per heavy atom. The molecule has 1 amide bonds. The first kappa shape index (κ1) is 22.8. The van der Waals surface area contributed by atoms with Crippen LogP contribution in [-0.4, -0.2) is 55.6 Å². The van der Waals surface area contributed by atoms with E-state index in [2.05, 4.69) is 20.1 Å². The molecule has 2 aromatic rings. The van der Waals surface area contributed by atoms with Crippen LogP contribution < -0.4 is 20.7 Å². The minimum absolute atomic E-state index is 0. The number of aromatic nitrogens is 1. The Balaban J connectivity index is 0.00000182. The van der Waals surface area contributed by atoms with Crippen LogP contribution in [0.1, 0.15) is 0 Å². The fourth-order valence-electron chi connectivity index (χ4n) is 2.89. The van der Waals surface area contributed by atoms with Crippen molar-refractivity contribution in [2.45, 2.75) is 0 Å². The summed E-state index contributed by atoms with van der Waals surface area (Å²) < 4.78 is 5.12. The molecule has 7 nitrogen and oxygen atoms in total. The highest BCUT2D eigenvalue weighted by atomic mass is 35.5. The third-order valence-electron chi connectivity index (χ3n) is 4.23.